The minimum Gasteiger partial charge on any atom is -0.198 e. The Bertz CT molecular complexity index is 424. The van der Waals surface area contributed by atoms with E-state index in [1.165, 1.54) is 6.07 Å². The SMILES string of the molecule is N#CCCCC(C#N)(CCC#N)C(F)(F)C(F)(F)F. The summed E-state index contributed by atoms with van der Waals surface area (Å²) in [5.74, 6) is -5.22. The van der Waals surface area contributed by atoms with E-state index in [9.17, 15) is 22.0 Å². The molecule has 0 spiro atoms. The van der Waals surface area contributed by atoms with Gasteiger partial charge in [-0.05, 0) is 19.3 Å². The van der Waals surface area contributed by atoms with Gasteiger partial charge in [-0.2, -0.15) is 37.7 Å². The van der Waals surface area contributed by atoms with E-state index in [2.05, 4.69) is 0 Å². The zero-order chi connectivity index (χ0) is 15.2. The molecule has 104 valence electrons. The van der Waals surface area contributed by atoms with Gasteiger partial charge in [-0.3, -0.25) is 0 Å². The van der Waals surface area contributed by atoms with Crippen molar-refractivity contribution in [2.45, 2.75) is 44.2 Å². The second-order valence-electron chi connectivity index (χ2n) is 3.94. The Morgan fingerprint density at radius 3 is 1.68 bits per heavy atom. The summed E-state index contributed by atoms with van der Waals surface area (Å²) in [5, 5.41) is 25.4. The second-order valence-corrected chi connectivity index (χ2v) is 3.94. The molecule has 0 aromatic carbocycles. The second kappa shape index (κ2) is 6.33. The first-order valence-electron chi connectivity index (χ1n) is 5.28. The Kier molecular flexibility index (Phi) is 5.71. The summed E-state index contributed by atoms with van der Waals surface area (Å²) in [4.78, 5) is 0. The molecule has 0 N–H and O–H groups in total. The van der Waals surface area contributed by atoms with Crippen LogP contribution < -0.4 is 0 Å². The van der Waals surface area contributed by atoms with Crippen LogP contribution >= 0.6 is 0 Å². The van der Waals surface area contributed by atoms with Crippen molar-refractivity contribution in [2.24, 2.45) is 5.41 Å². The molecule has 0 heterocycles. The Morgan fingerprint density at radius 1 is 0.789 bits per heavy atom. The highest BCUT2D eigenvalue weighted by Crippen LogP contribution is 2.52. The van der Waals surface area contributed by atoms with Crippen LogP contribution in [0.3, 0.4) is 0 Å². The maximum Gasteiger partial charge on any atom is 0.454 e. The van der Waals surface area contributed by atoms with Crippen molar-refractivity contribution in [2.75, 3.05) is 0 Å². The molecule has 1 atom stereocenters. The van der Waals surface area contributed by atoms with E-state index < -0.39 is 36.8 Å². The normalized spacial score (nSPS) is 14.8. The van der Waals surface area contributed by atoms with Crippen LogP contribution in [0.5, 0.6) is 0 Å². The predicted octanol–water partition coefficient (Wildman–Crippen LogP) is 3.69. The monoisotopic (exact) mass is 279 g/mol. The van der Waals surface area contributed by atoms with Gasteiger partial charge in [-0.15, -0.1) is 0 Å². The quantitative estimate of drug-likeness (QED) is 0.549. The topological polar surface area (TPSA) is 71.4 Å². The highest BCUT2D eigenvalue weighted by atomic mass is 19.4. The molecule has 19 heavy (non-hydrogen) atoms. The van der Waals surface area contributed by atoms with Crippen molar-refractivity contribution >= 4 is 0 Å². The summed E-state index contributed by atoms with van der Waals surface area (Å²) in [6.07, 6.45) is -8.63. The summed E-state index contributed by atoms with van der Waals surface area (Å²) in [5.41, 5.74) is -3.00. The fourth-order valence-electron chi connectivity index (χ4n) is 1.63. The van der Waals surface area contributed by atoms with Gasteiger partial charge in [0.15, 0.2) is 0 Å². The highest BCUT2D eigenvalue weighted by molar-refractivity contribution is 5.11. The van der Waals surface area contributed by atoms with E-state index in [1.807, 2.05) is 0 Å². The minimum absolute atomic E-state index is 0.232. The Balaban J connectivity index is 5.43. The Labute approximate surface area is 106 Å². The summed E-state index contributed by atoms with van der Waals surface area (Å²) in [6, 6.07) is 4.09. The molecule has 0 radical (unpaired) electrons. The van der Waals surface area contributed by atoms with Crippen LogP contribution in [0, 0.1) is 39.4 Å². The lowest BCUT2D eigenvalue weighted by atomic mass is 9.74. The van der Waals surface area contributed by atoms with Crippen LogP contribution in [-0.4, -0.2) is 12.1 Å². The van der Waals surface area contributed by atoms with Crippen LogP contribution in [0.15, 0.2) is 0 Å². The third kappa shape index (κ3) is 3.54. The Morgan fingerprint density at radius 2 is 1.32 bits per heavy atom. The van der Waals surface area contributed by atoms with Crippen LogP contribution in [0.2, 0.25) is 0 Å². The summed E-state index contributed by atoms with van der Waals surface area (Å²) >= 11 is 0. The molecule has 8 heteroatoms. The van der Waals surface area contributed by atoms with Crippen molar-refractivity contribution < 1.29 is 22.0 Å². The lowest BCUT2D eigenvalue weighted by Gasteiger charge is -2.35. The number of hydrogen-bond acceptors (Lipinski definition) is 3. The number of nitrogens with zero attached hydrogens (tertiary/aromatic N) is 3. The summed E-state index contributed by atoms with van der Waals surface area (Å²) < 4.78 is 64.1. The first-order chi connectivity index (χ1) is 8.68. The molecule has 0 bridgehead atoms. The molecule has 0 aliphatic rings. The van der Waals surface area contributed by atoms with E-state index in [1.54, 1.807) is 6.07 Å². The van der Waals surface area contributed by atoms with E-state index >= 15 is 0 Å². The van der Waals surface area contributed by atoms with Gasteiger partial charge in [0, 0.05) is 12.8 Å². The minimum atomic E-state index is -5.87. The molecule has 0 saturated carbocycles. The molecule has 3 nitrogen and oxygen atoms in total. The molecule has 0 saturated heterocycles. The molecular weight excluding hydrogens is 269 g/mol. The molecule has 1 unspecified atom stereocenters. The molecule has 0 rings (SSSR count). The Hall–Kier alpha value is -1.88. The molecule has 0 fully saturated rings. The van der Waals surface area contributed by atoms with Crippen LogP contribution in [0.4, 0.5) is 22.0 Å². The highest BCUT2D eigenvalue weighted by Gasteiger charge is 2.69. The zero-order valence-electron chi connectivity index (χ0n) is 9.77. The molecule has 0 aliphatic carbocycles. The average molecular weight is 279 g/mol. The molecular formula is C11H10F5N3. The average Bonchev–Trinajstić information content (AvgIpc) is 2.32. The fraction of sp³-hybridized carbons (Fsp3) is 0.727. The number of halogens is 5. The largest absolute Gasteiger partial charge is 0.454 e. The summed E-state index contributed by atoms with van der Waals surface area (Å²) in [7, 11) is 0. The third-order valence-electron chi connectivity index (χ3n) is 2.73. The maximum atomic E-state index is 13.5. The van der Waals surface area contributed by atoms with Crippen molar-refractivity contribution in [1.82, 2.24) is 0 Å². The molecule has 0 aromatic rings. The standard InChI is InChI=1S/C11H10F5N3/c12-10(13,11(14,15)16)9(8-19,5-3-7-18)4-1-2-6-17/h1-5H2. The number of alkyl halides is 5. The van der Waals surface area contributed by atoms with Crippen LogP contribution in [0.1, 0.15) is 32.1 Å². The van der Waals surface area contributed by atoms with Gasteiger partial charge < -0.3 is 0 Å². The van der Waals surface area contributed by atoms with Gasteiger partial charge in [-0.25, -0.2) is 0 Å². The van der Waals surface area contributed by atoms with Crippen molar-refractivity contribution in [3.8, 4) is 18.2 Å². The van der Waals surface area contributed by atoms with Gasteiger partial charge in [0.05, 0.1) is 18.2 Å². The first kappa shape index (κ1) is 17.1. The smallest absolute Gasteiger partial charge is 0.198 e. The van der Waals surface area contributed by atoms with Crippen LogP contribution in [-0.2, 0) is 0 Å². The predicted molar refractivity (Wildman–Crippen MR) is 53.4 cm³/mol. The first-order valence-corrected chi connectivity index (χ1v) is 5.28. The number of hydrogen-bond donors (Lipinski definition) is 0. The van der Waals surface area contributed by atoms with Crippen molar-refractivity contribution in [3.63, 3.8) is 0 Å². The van der Waals surface area contributed by atoms with E-state index in [0.717, 1.165) is 6.07 Å². The van der Waals surface area contributed by atoms with Gasteiger partial charge in [0.25, 0.3) is 0 Å². The lowest BCUT2D eigenvalue weighted by molar-refractivity contribution is -0.318. The van der Waals surface area contributed by atoms with Gasteiger partial charge in [0.2, 0.25) is 0 Å². The van der Waals surface area contributed by atoms with E-state index in [0.29, 0.717) is 0 Å². The van der Waals surface area contributed by atoms with Gasteiger partial charge >= 0.3 is 12.1 Å². The fourth-order valence-corrected chi connectivity index (χ4v) is 1.63. The van der Waals surface area contributed by atoms with Crippen LogP contribution in [0.25, 0.3) is 0 Å². The molecule has 0 aliphatic heterocycles. The number of rotatable bonds is 6. The maximum absolute atomic E-state index is 13.5. The number of unbranched alkanes of at least 4 members (excludes halogenated alkanes) is 1. The van der Waals surface area contributed by atoms with Crippen molar-refractivity contribution in [1.29, 1.82) is 15.8 Å². The summed E-state index contributed by atoms with van der Waals surface area (Å²) in [6.45, 7) is 0. The van der Waals surface area contributed by atoms with Gasteiger partial charge in [0.1, 0.15) is 5.41 Å². The van der Waals surface area contributed by atoms with Gasteiger partial charge in [-0.1, -0.05) is 0 Å². The van der Waals surface area contributed by atoms with E-state index in [4.69, 9.17) is 15.8 Å². The number of nitriles is 3. The lowest BCUT2D eigenvalue weighted by Crippen LogP contribution is -2.51. The third-order valence-corrected chi connectivity index (χ3v) is 2.73. The van der Waals surface area contributed by atoms with E-state index in [-0.39, 0.29) is 12.8 Å². The molecule has 0 aromatic heterocycles. The van der Waals surface area contributed by atoms with Crippen molar-refractivity contribution in [3.05, 3.63) is 0 Å². The molecule has 0 amide bonds. The zero-order valence-corrected chi connectivity index (χ0v) is 9.77.